The van der Waals surface area contributed by atoms with Crippen LogP contribution in [0.15, 0.2) is 55.1 Å². The van der Waals surface area contributed by atoms with E-state index in [9.17, 15) is 27.6 Å². The van der Waals surface area contributed by atoms with Gasteiger partial charge in [-0.15, -0.1) is 6.58 Å². The van der Waals surface area contributed by atoms with Crippen LogP contribution in [0, 0.1) is 17.3 Å². The van der Waals surface area contributed by atoms with Crippen LogP contribution in [-0.2, 0) is 33.9 Å². The lowest BCUT2D eigenvalue weighted by Gasteiger charge is -2.28. The van der Waals surface area contributed by atoms with Gasteiger partial charge in [-0.05, 0) is 67.5 Å². The number of hydrogen-bond donors (Lipinski definition) is 1. The summed E-state index contributed by atoms with van der Waals surface area (Å²) >= 11 is 0. The van der Waals surface area contributed by atoms with E-state index in [0.717, 1.165) is 22.8 Å². The molecule has 48 heavy (non-hydrogen) atoms. The fourth-order valence-corrected chi connectivity index (χ4v) is 8.54. The normalized spacial score (nSPS) is 28.6. The molecule has 0 aromatic heterocycles. The van der Waals surface area contributed by atoms with Crippen molar-refractivity contribution in [3.05, 3.63) is 60.7 Å². The summed E-state index contributed by atoms with van der Waals surface area (Å²) in [5, 5.41) is 1.31. The fraction of sp³-hybridized carbons (Fsp3) is 0.514. The molecule has 2 aromatic carbocycles. The summed E-state index contributed by atoms with van der Waals surface area (Å²) in [6.45, 7) is 6.11. The van der Waals surface area contributed by atoms with E-state index in [1.807, 2.05) is 55.5 Å². The van der Waals surface area contributed by atoms with Gasteiger partial charge in [-0.3, -0.25) is 23.9 Å². The van der Waals surface area contributed by atoms with Crippen LogP contribution in [0.2, 0.25) is 0 Å². The number of carbonyl (C=O) groups excluding carboxylic acids is 4. The van der Waals surface area contributed by atoms with Crippen LogP contribution in [0.3, 0.4) is 0 Å². The van der Waals surface area contributed by atoms with Gasteiger partial charge >= 0.3 is 5.97 Å². The monoisotopic (exact) mass is 676 g/mol. The van der Waals surface area contributed by atoms with E-state index in [1.54, 1.807) is 6.08 Å². The van der Waals surface area contributed by atoms with E-state index < -0.39 is 50.6 Å². The SMILES string of the molecule is C=C[C@@H]1C[C@]1(CC(=O)[C@@H]1C[C@@H]2CN1C(=O)[C@H](CCC)CC(=O)OCCC/C=C/c1ccc3cccc(c3c1)O2)C(=O)NS(=O)(=O)C1CC1. The second kappa shape index (κ2) is 13.9. The number of fused-ring (bicyclic) bond motifs is 3. The molecular weight excluding hydrogens is 632 g/mol. The minimum atomic E-state index is -3.82. The molecule has 5 atom stereocenters. The molecule has 6 rings (SSSR count). The predicted octanol–water partition coefficient (Wildman–Crippen LogP) is 5.10. The van der Waals surface area contributed by atoms with Crippen LogP contribution in [0.1, 0.15) is 76.7 Å². The molecule has 0 spiro atoms. The Morgan fingerprint density at radius 2 is 1.98 bits per heavy atom. The van der Waals surface area contributed by atoms with Gasteiger partial charge in [0, 0.05) is 24.1 Å². The zero-order valence-corrected chi connectivity index (χ0v) is 28.2. The molecule has 1 N–H and O–H groups in total. The number of nitrogens with one attached hydrogen (secondary N) is 1. The molecule has 10 nitrogen and oxygen atoms in total. The summed E-state index contributed by atoms with van der Waals surface area (Å²) in [5.41, 5.74) is -0.253. The number of carbonyl (C=O) groups is 4. The van der Waals surface area contributed by atoms with Gasteiger partial charge in [-0.1, -0.05) is 55.8 Å². The summed E-state index contributed by atoms with van der Waals surface area (Å²) in [4.78, 5) is 56.3. The van der Waals surface area contributed by atoms with Crippen molar-refractivity contribution in [3.8, 4) is 5.75 Å². The largest absolute Gasteiger partial charge is 0.488 e. The van der Waals surface area contributed by atoms with Crippen LogP contribution in [0.4, 0.5) is 0 Å². The van der Waals surface area contributed by atoms with E-state index in [2.05, 4.69) is 11.3 Å². The second-order valence-electron chi connectivity index (χ2n) is 13.7. The van der Waals surface area contributed by atoms with E-state index >= 15 is 0 Å². The average molecular weight is 677 g/mol. The van der Waals surface area contributed by atoms with Crippen molar-refractivity contribution in [2.24, 2.45) is 17.3 Å². The molecule has 2 amide bonds. The molecule has 0 unspecified atom stereocenters. The number of sulfonamides is 1. The maximum atomic E-state index is 14.2. The summed E-state index contributed by atoms with van der Waals surface area (Å²) in [7, 11) is -3.82. The lowest BCUT2D eigenvalue weighted by Crippen LogP contribution is -2.46. The minimum Gasteiger partial charge on any atom is -0.488 e. The molecule has 4 bridgehead atoms. The van der Waals surface area contributed by atoms with Gasteiger partial charge < -0.3 is 14.4 Å². The molecule has 2 aromatic rings. The zero-order chi connectivity index (χ0) is 34.1. The highest BCUT2D eigenvalue weighted by Gasteiger charge is 2.61. The molecule has 4 aliphatic rings. The van der Waals surface area contributed by atoms with Crippen LogP contribution in [0.5, 0.6) is 5.75 Å². The van der Waals surface area contributed by atoms with Crippen molar-refractivity contribution in [1.82, 2.24) is 9.62 Å². The third-order valence-corrected chi connectivity index (χ3v) is 11.9. The topological polar surface area (TPSA) is 136 Å². The number of allylic oxidation sites excluding steroid dienone is 2. The third kappa shape index (κ3) is 7.21. The van der Waals surface area contributed by atoms with E-state index in [-0.39, 0.29) is 50.0 Å². The molecule has 2 saturated carbocycles. The summed E-state index contributed by atoms with van der Waals surface area (Å²) in [5.74, 6) is -2.23. The Balaban J connectivity index is 1.31. The molecular formula is C37H44N2O8S. The molecule has 2 heterocycles. The van der Waals surface area contributed by atoms with E-state index in [0.29, 0.717) is 44.3 Å². The Kier molecular flexibility index (Phi) is 9.79. The summed E-state index contributed by atoms with van der Waals surface area (Å²) < 4.78 is 39.6. The first-order valence-electron chi connectivity index (χ1n) is 17.1. The van der Waals surface area contributed by atoms with Crippen LogP contribution in [0.25, 0.3) is 16.8 Å². The number of amides is 2. The van der Waals surface area contributed by atoms with Gasteiger partial charge in [0.25, 0.3) is 0 Å². The Labute approximate surface area is 282 Å². The molecule has 2 aliphatic heterocycles. The van der Waals surface area contributed by atoms with Crippen molar-refractivity contribution in [1.29, 1.82) is 0 Å². The number of cyclic esters (lactones) is 1. The Morgan fingerprint density at radius 1 is 1.17 bits per heavy atom. The number of nitrogens with zero attached hydrogens (tertiary/aromatic N) is 1. The molecule has 2 aliphatic carbocycles. The first-order chi connectivity index (χ1) is 23.0. The molecule has 3 fully saturated rings. The van der Waals surface area contributed by atoms with Crippen molar-refractivity contribution in [3.63, 3.8) is 0 Å². The first-order valence-corrected chi connectivity index (χ1v) is 18.6. The Hall–Kier alpha value is -3.99. The predicted molar refractivity (Wildman–Crippen MR) is 181 cm³/mol. The fourth-order valence-electron chi connectivity index (χ4n) is 7.15. The highest BCUT2D eigenvalue weighted by molar-refractivity contribution is 7.90. The van der Waals surface area contributed by atoms with Crippen molar-refractivity contribution < 1.29 is 37.1 Å². The van der Waals surface area contributed by atoms with Crippen LogP contribution < -0.4 is 9.46 Å². The second-order valence-corrected chi connectivity index (χ2v) is 15.7. The van der Waals surface area contributed by atoms with Gasteiger partial charge in [-0.25, -0.2) is 8.42 Å². The van der Waals surface area contributed by atoms with Crippen LogP contribution in [-0.4, -0.2) is 67.4 Å². The maximum absolute atomic E-state index is 14.2. The number of hydrogen-bond acceptors (Lipinski definition) is 8. The summed E-state index contributed by atoms with van der Waals surface area (Å²) in [6.07, 6.45) is 8.74. The Morgan fingerprint density at radius 3 is 2.71 bits per heavy atom. The summed E-state index contributed by atoms with van der Waals surface area (Å²) in [6, 6.07) is 11.0. The van der Waals surface area contributed by atoms with E-state index in [4.69, 9.17) is 9.47 Å². The number of Topliss-reactive ketones (excluding diaryl/α,β-unsaturated/α-hetero) is 1. The number of rotatable bonds is 9. The standard InChI is InChI=1S/C37H44N2O8S/c1-3-9-26-19-34(41)46-17-7-5-6-10-24-13-14-25-11-8-12-33(30(25)18-24)47-28-20-31(39(23-28)35(26)42)32(40)22-37(21-27(37)4-2)36(43)38-48(44,45)29-15-16-29/h4,6,8,10-14,18,26-29,31H,2-3,5,7,9,15-17,19-23H2,1H3,(H,38,43)/b10-6+/t26-,27-,28-,31+,37-/m1/s1. The van der Waals surface area contributed by atoms with Gasteiger partial charge in [-0.2, -0.15) is 0 Å². The number of ketones is 1. The molecule has 256 valence electrons. The van der Waals surface area contributed by atoms with E-state index in [1.165, 1.54) is 4.90 Å². The van der Waals surface area contributed by atoms with Crippen molar-refractivity contribution in [2.45, 2.75) is 88.5 Å². The molecule has 1 saturated heterocycles. The smallest absolute Gasteiger partial charge is 0.306 e. The average Bonchev–Trinajstić information content (AvgIpc) is 3.99. The number of ether oxygens (including phenoxy) is 2. The van der Waals surface area contributed by atoms with Crippen molar-refractivity contribution >= 4 is 50.4 Å². The lowest BCUT2D eigenvalue weighted by molar-refractivity contribution is -0.150. The quantitative estimate of drug-likeness (QED) is 0.286. The molecule has 11 heteroatoms. The number of esters is 1. The van der Waals surface area contributed by atoms with Gasteiger partial charge in [0.1, 0.15) is 11.9 Å². The van der Waals surface area contributed by atoms with Gasteiger partial charge in [0.15, 0.2) is 5.78 Å². The minimum absolute atomic E-state index is 0.0980. The third-order valence-electron chi connectivity index (χ3n) is 10.1. The lowest BCUT2D eigenvalue weighted by atomic mass is 9.91. The maximum Gasteiger partial charge on any atom is 0.306 e. The van der Waals surface area contributed by atoms with Gasteiger partial charge in [0.2, 0.25) is 21.8 Å². The van der Waals surface area contributed by atoms with Gasteiger partial charge in [0.05, 0.1) is 36.3 Å². The highest BCUT2D eigenvalue weighted by Crippen LogP contribution is 2.57. The number of benzene rings is 2. The van der Waals surface area contributed by atoms with Crippen LogP contribution >= 0.6 is 0 Å². The zero-order valence-electron chi connectivity index (χ0n) is 27.4. The first kappa shape index (κ1) is 33.9. The Bertz CT molecular complexity index is 1750. The van der Waals surface area contributed by atoms with Crippen molar-refractivity contribution in [2.75, 3.05) is 13.2 Å². The molecule has 0 radical (unpaired) electrons. The highest BCUT2D eigenvalue weighted by atomic mass is 32.2.